The number of pyridine rings is 1. The molecule has 0 amide bonds. The van der Waals surface area contributed by atoms with Gasteiger partial charge in [0.15, 0.2) is 6.10 Å². The van der Waals surface area contributed by atoms with Crippen LogP contribution in [-0.4, -0.2) is 28.9 Å². The second-order valence-electron chi connectivity index (χ2n) is 8.35. The highest BCUT2D eigenvalue weighted by atomic mass is 32.1. The number of hydrogen-bond acceptors (Lipinski definition) is 6. The Balaban J connectivity index is 2.22. The van der Waals surface area contributed by atoms with Crippen LogP contribution in [0, 0.1) is 6.92 Å². The van der Waals surface area contributed by atoms with E-state index in [1.807, 2.05) is 45.9 Å². The van der Waals surface area contributed by atoms with Gasteiger partial charge in [-0.05, 0) is 64.3 Å². The van der Waals surface area contributed by atoms with Gasteiger partial charge in [-0.3, -0.25) is 9.78 Å². The molecule has 6 heteroatoms. The third kappa shape index (κ3) is 5.05. The molecule has 1 atom stereocenters. The summed E-state index contributed by atoms with van der Waals surface area (Å²) in [5.74, 6) is -0.145. The molecule has 0 radical (unpaired) electrons. The normalized spacial score (nSPS) is 15.6. The Kier molecular flexibility index (Phi) is 6.88. The Bertz CT molecular complexity index is 954. The summed E-state index contributed by atoms with van der Waals surface area (Å²) in [7, 11) is 0. The first-order chi connectivity index (χ1) is 14.2. The third-order valence-corrected chi connectivity index (χ3v) is 6.05. The maximum Gasteiger partial charge on any atom is 0.340 e. The fourth-order valence-electron chi connectivity index (χ4n) is 3.64. The Morgan fingerprint density at radius 2 is 1.93 bits per heavy atom. The highest BCUT2D eigenvalue weighted by Gasteiger charge is 2.35. The molecule has 0 fully saturated rings. The summed E-state index contributed by atoms with van der Waals surface area (Å²) in [6, 6.07) is 3.94. The summed E-state index contributed by atoms with van der Waals surface area (Å²) < 4.78 is 11.6. The molecule has 2 aromatic heterocycles. The lowest BCUT2D eigenvalue weighted by molar-refractivity contribution is -0.166. The van der Waals surface area contributed by atoms with Crippen molar-refractivity contribution in [3.8, 4) is 10.4 Å². The molecule has 0 saturated heterocycles. The number of hydrogen-bond donors (Lipinski definition) is 0. The zero-order valence-electron chi connectivity index (χ0n) is 18.3. The molecule has 2 aromatic rings. The molecule has 0 saturated carbocycles. The van der Waals surface area contributed by atoms with Gasteiger partial charge >= 0.3 is 5.97 Å². The summed E-state index contributed by atoms with van der Waals surface area (Å²) in [6.45, 7) is 9.90. The van der Waals surface area contributed by atoms with E-state index in [4.69, 9.17) is 9.47 Å². The number of carbonyl (C=O) groups is 2. The number of Topliss-reactive ketones (excluding diaryl/α,β-unsaturated/α-hetero) is 1. The number of allylic oxidation sites excluding steroid dienone is 2. The van der Waals surface area contributed by atoms with E-state index in [9.17, 15) is 9.59 Å². The lowest BCUT2D eigenvalue weighted by Crippen LogP contribution is -2.29. The van der Waals surface area contributed by atoms with Crippen molar-refractivity contribution in [3.05, 3.63) is 46.6 Å². The fraction of sp³-hybridized carbons (Fsp3) is 0.458. The zero-order chi connectivity index (χ0) is 21.9. The molecular weight excluding hydrogens is 398 g/mol. The maximum absolute atomic E-state index is 13.0. The van der Waals surface area contributed by atoms with Gasteiger partial charge in [0, 0.05) is 46.1 Å². The lowest BCUT2D eigenvalue weighted by atomic mass is 9.87. The van der Waals surface area contributed by atoms with E-state index in [2.05, 4.69) is 4.98 Å². The number of aromatic nitrogens is 1. The molecule has 160 valence electrons. The van der Waals surface area contributed by atoms with Crippen LogP contribution in [0.1, 0.15) is 69.1 Å². The van der Waals surface area contributed by atoms with Gasteiger partial charge in [0.1, 0.15) is 5.78 Å². The van der Waals surface area contributed by atoms with Gasteiger partial charge in [-0.1, -0.05) is 6.08 Å². The van der Waals surface area contributed by atoms with Crippen LogP contribution in [0.25, 0.3) is 16.0 Å². The van der Waals surface area contributed by atoms with Crippen molar-refractivity contribution >= 4 is 28.7 Å². The first-order valence-corrected chi connectivity index (χ1v) is 11.1. The molecule has 1 unspecified atom stereocenters. The standard InChI is InChI=1S/C24H29NO4S/c1-6-28-23(27)21(29-24(3,4)5)19-15(2)30-22(17-11-13-25-14-12-17)20(19)16-7-9-18(26)10-8-16/h7,11-14,21H,6,8-10H2,1-5H3. The van der Waals surface area contributed by atoms with Crippen LogP contribution < -0.4 is 0 Å². The minimum Gasteiger partial charge on any atom is -0.464 e. The van der Waals surface area contributed by atoms with Gasteiger partial charge < -0.3 is 9.47 Å². The van der Waals surface area contributed by atoms with Gasteiger partial charge in [0.25, 0.3) is 0 Å². The highest BCUT2D eigenvalue weighted by Crippen LogP contribution is 2.46. The van der Waals surface area contributed by atoms with Crippen LogP contribution in [0.5, 0.6) is 0 Å². The first-order valence-electron chi connectivity index (χ1n) is 10.3. The lowest BCUT2D eigenvalue weighted by Gasteiger charge is -2.28. The number of carbonyl (C=O) groups excluding carboxylic acids is 2. The van der Waals surface area contributed by atoms with Gasteiger partial charge in [-0.15, -0.1) is 11.3 Å². The van der Waals surface area contributed by atoms with Crippen LogP contribution in [-0.2, 0) is 19.1 Å². The zero-order valence-corrected chi connectivity index (χ0v) is 19.1. The average Bonchev–Trinajstić information content (AvgIpc) is 3.04. The molecule has 2 heterocycles. The topological polar surface area (TPSA) is 65.5 Å². The Morgan fingerprint density at radius 3 is 2.50 bits per heavy atom. The summed E-state index contributed by atoms with van der Waals surface area (Å²) in [5, 5.41) is 0. The smallest absolute Gasteiger partial charge is 0.340 e. The number of ether oxygens (including phenoxy) is 2. The monoisotopic (exact) mass is 427 g/mol. The van der Waals surface area contributed by atoms with E-state index in [1.54, 1.807) is 30.7 Å². The molecule has 0 N–H and O–H groups in total. The largest absolute Gasteiger partial charge is 0.464 e. The summed E-state index contributed by atoms with van der Waals surface area (Å²) in [5.41, 5.74) is 3.44. The van der Waals surface area contributed by atoms with Crippen molar-refractivity contribution in [2.75, 3.05) is 6.61 Å². The van der Waals surface area contributed by atoms with Crippen LogP contribution in [0.3, 0.4) is 0 Å². The first kappa shape index (κ1) is 22.4. The van der Waals surface area contributed by atoms with E-state index in [0.29, 0.717) is 19.3 Å². The second kappa shape index (κ2) is 9.23. The van der Waals surface area contributed by atoms with Crippen molar-refractivity contribution in [1.29, 1.82) is 0 Å². The fourth-order valence-corrected chi connectivity index (χ4v) is 4.86. The van der Waals surface area contributed by atoms with Crippen LogP contribution in [0.4, 0.5) is 0 Å². The summed E-state index contributed by atoms with van der Waals surface area (Å²) in [6.07, 6.45) is 6.29. The predicted octanol–water partition coefficient (Wildman–Crippen LogP) is 5.67. The van der Waals surface area contributed by atoms with Crippen molar-refractivity contribution < 1.29 is 19.1 Å². The minimum absolute atomic E-state index is 0.241. The number of thiophene rings is 1. The molecule has 1 aliphatic rings. The maximum atomic E-state index is 13.0. The second-order valence-corrected chi connectivity index (χ2v) is 9.57. The van der Waals surface area contributed by atoms with E-state index < -0.39 is 11.7 Å². The van der Waals surface area contributed by atoms with E-state index in [1.165, 1.54) is 0 Å². The van der Waals surface area contributed by atoms with Crippen LogP contribution >= 0.6 is 11.3 Å². The van der Waals surface area contributed by atoms with Crippen molar-refractivity contribution in [2.24, 2.45) is 0 Å². The number of aryl methyl sites for hydroxylation is 1. The Hall–Kier alpha value is -2.31. The Morgan fingerprint density at radius 1 is 1.23 bits per heavy atom. The molecular formula is C24H29NO4S. The molecule has 30 heavy (non-hydrogen) atoms. The molecule has 0 bridgehead atoms. The van der Waals surface area contributed by atoms with Crippen molar-refractivity contribution in [1.82, 2.24) is 4.98 Å². The highest BCUT2D eigenvalue weighted by molar-refractivity contribution is 7.16. The van der Waals surface area contributed by atoms with E-state index in [-0.39, 0.29) is 18.4 Å². The molecule has 0 aliphatic heterocycles. The van der Waals surface area contributed by atoms with Gasteiger partial charge in [0.05, 0.1) is 12.2 Å². The van der Waals surface area contributed by atoms with Crippen LogP contribution in [0.15, 0.2) is 30.6 Å². The van der Waals surface area contributed by atoms with E-state index in [0.717, 1.165) is 32.0 Å². The summed E-state index contributed by atoms with van der Waals surface area (Å²) >= 11 is 1.64. The molecule has 0 aromatic carbocycles. The van der Waals surface area contributed by atoms with E-state index >= 15 is 0 Å². The minimum atomic E-state index is -0.828. The number of rotatable bonds is 6. The summed E-state index contributed by atoms with van der Waals surface area (Å²) in [4.78, 5) is 31.0. The Labute approximate surface area is 182 Å². The molecule has 3 rings (SSSR count). The molecule has 1 aliphatic carbocycles. The van der Waals surface area contributed by atoms with Crippen molar-refractivity contribution in [3.63, 3.8) is 0 Å². The average molecular weight is 428 g/mol. The SMILES string of the molecule is CCOC(=O)C(OC(C)(C)C)c1c(C)sc(-c2ccncc2)c1C1=CCC(=O)CC1. The number of nitrogens with zero attached hydrogens (tertiary/aromatic N) is 1. The number of esters is 1. The van der Waals surface area contributed by atoms with Crippen molar-refractivity contribution in [2.45, 2.75) is 65.6 Å². The molecule has 0 spiro atoms. The quantitative estimate of drug-likeness (QED) is 0.555. The van der Waals surface area contributed by atoms with Gasteiger partial charge in [-0.25, -0.2) is 4.79 Å². The van der Waals surface area contributed by atoms with Gasteiger partial charge in [-0.2, -0.15) is 0 Å². The third-order valence-electron chi connectivity index (χ3n) is 4.88. The van der Waals surface area contributed by atoms with Gasteiger partial charge in [0.2, 0.25) is 0 Å². The predicted molar refractivity (Wildman–Crippen MR) is 119 cm³/mol. The number of ketones is 1. The molecule has 5 nitrogen and oxygen atoms in total. The van der Waals surface area contributed by atoms with Crippen LogP contribution in [0.2, 0.25) is 0 Å².